The Kier molecular flexibility index (Phi) is 12.6. The van der Waals surface area contributed by atoms with Gasteiger partial charge in [-0.1, -0.05) is 0 Å². The predicted molar refractivity (Wildman–Crippen MR) is 112 cm³/mol. The van der Waals surface area contributed by atoms with Crippen LogP contribution in [0.15, 0.2) is 0 Å². The van der Waals surface area contributed by atoms with Crippen LogP contribution in [0, 0.1) is 0 Å². The van der Waals surface area contributed by atoms with E-state index in [0.717, 1.165) is 27.7 Å². The summed E-state index contributed by atoms with van der Waals surface area (Å²) in [4.78, 5) is 0. The van der Waals surface area contributed by atoms with Gasteiger partial charge in [0, 0.05) is 0 Å². The zero-order chi connectivity index (χ0) is 26.5. The second-order valence-electron chi connectivity index (χ2n) is 7.13. The van der Waals surface area contributed by atoms with E-state index in [9.17, 15) is 54.1 Å². The second kappa shape index (κ2) is 12.5. The quantitative estimate of drug-likeness (QED) is 0.115. The van der Waals surface area contributed by atoms with Gasteiger partial charge in [-0.05, 0) is 0 Å². The average Bonchev–Trinajstić information content (AvgIpc) is 2.36. The number of hydrogen-bond acceptors (Lipinski definition) is 16. The van der Waals surface area contributed by atoms with Gasteiger partial charge in [0.2, 0.25) is 0 Å². The van der Waals surface area contributed by atoms with Crippen LogP contribution >= 0.6 is 0 Å². The summed E-state index contributed by atoms with van der Waals surface area (Å²) in [6.07, 6.45) is -6.63. The second-order valence-corrected chi connectivity index (χ2v) is 22.2. The summed E-state index contributed by atoms with van der Waals surface area (Å²) >= 11 is -7.42. The molecular weight excluding hydrogens is 647 g/mol. The maximum absolute atomic E-state index is 12.3. The average molecular weight is 675 g/mol. The van der Waals surface area contributed by atoms with Crippen LogP contribution in [0.1, 0.15) is 27.7 Å². The molecular formula is C12H28O16S4Sn. The Morgan fingerprint density at radius 1 is 0.485 bits per heavy atom. The van der Waals surface area contributed by atoms with E-state index in [2.05, 4.69) is 10.1 Å². The van der Waals surface area contributed by atoms with Crippen LogP contribution in [-0.2, 0) is 50.6 Å². The molecule has 0 bridgehead atoms. The van der Waals surface area contributed by atoms with Crippen LogP contribution in [0.3, 0.4) is 0 Å². The van der Waals surface area contributed by atoms with Crippen molar-refractivity contribution in [2.45, 2.75) is 52.1 Å². The summed E-state index contributed by atoms with van der Waals surface area (Å²) in [6.45, 7) is 3.83. The van der Waals surface area contributed by atoms with Gasteiger partial charge in [-0.25, -0.2) is 0 Å². The molecule has 0 saturated carbocycles. The maximum atomic E-state index is 12.3. The number of aliphatic hydroxyl groups is 4. The molecule has 21 heteroatoms. The summed E-state index contributed by atoms with van der Waals surface area (Å²) in [7, 11) is -20.6. The molecule has 16 nitrogen and oxygen atoms in total. The molecule has 0 aromatic heterocycles. The molecule has 0 aliphatic heterocycles. The van der Waals surface area contributed by atoms with E-state index in [1.165, 1.54) is 0 Å². The van der Waals surface area contributed by atoms with Crippen LogP contribution in [0.2, 0.25) is 0 Å². The van der Waals surface area contributed by atoms with Gasteiger partial charge in [0.05, 0.1) is 0 Å². The summed E-state index contributed by atoms with van der Waals surface area (Å²) in [5.41, 5.74) is 0. The molecule has 4 N–H and O–H groups in total. The van der Waals surface area contributed by atoms with Gasteiger partial charge in [-0.2, -0.15) is 0 Å². The molecule has 0 amide bonds. The molecule has 33 heavy (non-hydrogen) atoms. The first-order chi connectivity index (χ1) is 14.5. The molecule has 0 radical (unpaired) electrons. The first-order valence-corrected chi connectivity index (χ1v) is 19.9. The third kappa shape index (κ3) is 15.1. The van der Waals surface area contributed by atoms with E-state index in [1.807, 2.05) is 0 Å². The van der Waals surface area contributed by atoms with E-state index >= 15 is 0 Å². The Labute approximate surface area is 199 Å². The number of aliphatic hydroxyl groups excluding tert-OH is 4. The Morgan fingerprint density at radius 2 is 0.636 bits per heavy atom. The minimum atomic E-state index is -7.42. The van der Waals surface area contributed by atoms with Crippen LogP contribution in [0.5, 0.6) is 0 Å². The van der Waals surface area contributed by atoms with Gasteiger partial charge in [-0.15, -0.1) is 0 Å². The van der Waals surface area contributed by atoms with E-state index in [0.29, 0.717) is 0 Å². The van der Waals surface area contributed by atoms with Gasteiger partial charge in [0.1, 0.15) is 0 Å². The first-order valence-electron chi connectivity index (χ1n) is 8.95. The van der Waals surface area contributed by atoms with Crippen molar-refractivity contribution in [2.24, 2.45) is 0 Å². The van der Waals surface area contributed by atoms with Crippen molar-refractivity contribution in [3.05, 3.63) is 0 Å². The van der Waals surface area contributed by atoms with E-state index in [-0.39, 0.29) is 0 Å². The molecule has 0 aromatic carbocycles. The Morgan fingerprint density at radius 3 is 0.758 bits per heavy atom. The van der Waals surface area contributed by atoms with Crippen LogP contribution < -0.4 is 0 Å². The molecule has 0 fully saturated rings. The van der Waals surface area contributed by atoms with Gasteiger partial charge >= 0.3 is 200 Å². The summed E-state index contributed by atoms with van der Waals surface area (Å²) in [5, 5.41) is 37.3. The topological polar surface area (TPSA) is 254 Å². The number of hydrogen-bond donors (Lipinski definition) is 4. The molecule has 0 heterocycles. The normalized spacial score (nSPS) is 19.4. The van der Waals surface area contributed by atoms with Gasteiger partial charge in [0.25, 0.3) is 0 Å². The number of rotatable bonds is 16. The van der Waals surface area contributed by atoms with Gasteiger partial charge in [-0.3, -0.25) is 0 Å². The van der Waals surface area contributed by atoms with Crippen molar-refractivity contribution in [1.29, 1.82) is 0 Å². The fourth-order valence-electron chi connectivity index (χ4n) is 2.02. The summed E-state index contributed by atoms with van der Waals surface area (Å²) in [5.74, 6) is -5.15. The van der Waals surface area contributed by atoms with Crippen molar-refractivity contribution in [3.63, 3.8) is 0 Å². The van der Waals surface area contributed by atoms with Crippen LogP contribution in [0.25, 0.3) is 0 Å². The Hall–Kier alpha value is 0.279. The summed E-state index contributed by atoms with van der Waals surface area (Å²) in [6, 6.07) is 0. The molecule has 4 atom stereocenters. The molecule has 4 unspecified atom stereocenters. The van der Waals surface area contributed by atoms with Crippen molar-refractivity contribution >= 4 is 60.5 Å². The van der Waals surface area contributed by atoms with Crippen molar-refractivity contribution in [1.82, 2.24) is 0 Å². The standard InChI is InChI=1S/4C3H8O4S.Sn/c4*1-3(4)2-8(5,6)7;/h4*3-4H,2H2,1H3,(H,5,6,7);/q;;;;+4/p-4. The molecule has 0 rings (SSSR count). The minimum absolute atomic E-state index is 0.958. The predicted octanol–water partition coefficient (Wildman–Crippen LogP) is -3.67. The molecule has 0 aromatic rings. The fraction of sp³-hybridized carbons (Fsp3) is 1.00. The van der Waals surface area contributed by atoms with E-state index in [1.54, 1.807) is 0 Å². The molecule has 0 aliphatic rings. The van der Waals surface area contributed by atoms with Gasteiger partial charge in [0.15, 0.2) is 0 Å². The Bertz CT molecular complexity index is 869. The third-order valence-corrected chi connectivity index (χ3v) is 23.8. The summed E-state index contributed by atoms with van der Waals surface area (Å²) < 4.78 is 116. The Balaban J connectivity index is 6.84. The third-order valence-electron chi connectivity index (χ3n) is 2.70. The van der Waals surface area contributed by atoms with E-state index in [4.69, 9.17) is 0 Å². The van der Waals surface area contributed by atoms with Crippen LogP contribution in [-0.4, -0.2) is 122 Å². The zero-order valence-corrected chi connectivity index (χ0v) is 24.1. The monoisotopic (exact) mass is 676 g/mol. The SMILES string of the molecule is CC(O)CS(=O)(=O)[O][Sn]([O]S(=O)(=O)CC(C)O)([O]S(=O)(=O)CC(C)O)[O]S(=O)(=O)CC(C)O. The zero-order valence-electron chi connectivity index (χ0n) is 18.0. The first kappa shape index (κ1) is 33.3. The van der Waals surface area contributed by atoms with Crippen molar-refractivity contribution < 1.29 is 64.2 Å². The molecule has 200 valence electrons. The van der Waals surface area contributed by atoms with Crippen molar-refractivity contribution in [2.75, 3.05) is 23.0 Å². The molecule has 0 spiro atoms. The molecule has 0 saturated heterocycles. The fourth-order valence-corrected chi connectivity index (χ4v) is 23.8. The van der Waals surface area contributed by atoms with Crippen LogP contribution in [0.4, 0.5) is 0 Å². The van der Waals surface area contributed by atoms with E-state index < -0.39 is 108 Å². The van der Waals surface area contributed by atoms with Crippen molar-refractivity contribution in [3.8, 4) is 0 Å². The molecule has 0 aliphatic carbocycles. The van der Waals surface area contributed by atoms with Gasteiger partial charge < -0.3 is 0 Å².